The summed E-state index contributed by atoms with van der Waals surface area (Å²) >= 11 is 0. The Morgan fingerprint density at radius 3 is 2.67 bits per heavy atom. The molecule has 1 aromatic carbocycles. The molecule has 6 heteroatoms. The summed E-state index contributed by atoms with van der Waals surface area (Å²) < 4.78 is 0. The van der Waals surface area contributed by atoms with Crippen LogP contribution in [0.2, 0.25) is 0 Å². The van der Waals surface area contributed by atoms with Crippen LogP contribution in [0.25, 0.3) is 10.9 Å². The molecule has 0 unspecified atom stereocenters. The summed E-state index contributed by atoms with van der Waals surface area (Å²) in [5, 5.41) is 2.99. The van der Waals surface area contributed by atoms with Crippen molar-refractivity contribution >= 4 is 34.4 Å². The maximum atomic E-state index is 12.6. The van der Waals surface area contributed by atoms with Crippen LogP contribution in [0.15, 0.2) is 36.5 Å². The summed E-state index contributed by atoms with van der Waals surface area (Å²) in [6.07, 6.45) is 2.63. The number of aromatic nitrogens is 1. The van der Waals surface area contributed by atoms with Crippen LogP contribution >= 0.6 is 0 Å². The molecule has 0 bridgehead atoms. The van der Waals surface area contributed by atoms with E-state index >= 15 is 0 Å². The number of urea groups is 1. The first-order valence-corrected chi connectivity index (χ1v) is 6.67. The van der Waals surface area contributed by atoms with Gasteiger partial charge in [0.15, 0.2) is 0 Å². The summed E-state index contributed by atoms with van der Waals surface area (Å²) in [6, 6.07) is 8.08. The molecule has 104 valence electrons. The minimum absolute atomic E-state index is 0.437. The van der Waals surface area contributed by atoms with Crippen LogP contribution in [0.3, 0.4) is 0 Å². The number of fused-ring (bicyclic) bond motifs is 1. The summed E-state index contributed by atoms with van der Waals surface area (Å²) in [5.74, 6) is -0.917. The van der Waals surface area contributed by atoms with Gasteiger partial charge in [-0.3, -0.25) is 19.9 Å². The molecular weight excluding hydrogens is 270 g/mol. The fourth-order valence-corrected chi connectivity index (χ4v) is 2.74. The molecular formula is C15H11N3O3. The van der Waals surface area contributed by atoms with E-state index in [1.165, 1.54) is 0 Å². The van der Waals surface area contributed by atoms with Gasteiger partial charge in [0.2, 0.25) is 5.91 Å². The monoisotopic (exact) mass is 281 g/mol. The highest BCUT2D eigenvalue weighted by Gasteiger charge is 2.62. The lowest BCUT2D eigenvalue weighted by molar-refractivity contribution is -0.136. The number of benzene rings is 1. The third-order valence-electron chi connectivity index (χ3n) is 4.08. The third-order valence-corrected chi connectivity index (χ3v) is 4.08. The number of pyridine rings is 1. The Morgan fingerprint density at radius 1 is 1.10 bits per heavy atom. The molecule has 2 fully saturated rings. The van der Waals surface area contributed by atoms with Gasteiger partial charge >= 0.3 is 6.03 Å². The van der Waals surface area contributed by atoms with Crippen molar-refractivity contribution in [1.82, 2.24) is 10.3 Å². The molecule has 0 radical (unpaired) electrons. The van der Waals surface area contributed by atoms with Gasteiger partial charge in [-0.2, -0.15) is 0 Å². The summed E-state index contributed by atoms with van der Waals surface area (Å²) in [6.45, 7) is 0. The molecule has 4 rings (SSSR count). The number of anilines is 1. The van der Waals surface area contributed by atoms with Crippen molar-refractivity contribution in [1.29, 1.82) is 0 Å². The lowest BCUT2D eigenvalue weighted by Gasteiger charge is -2.30. The van der Waals surface area contributed by atoms with Crippen LogP contribution in [-0.2, 0) is 9.59 Å². The van der Waals surface area contributed by atoms with E-state index in [0.717, 1.165) is 4.90 Å². The summed E-state index contributed by atoms with van der Waals surface area (Å²) in [4.78, 5) is 41.9. The normalized spacial score (nSPS) is 20.0. The zero-order valence-electron chi connectivity index (χ0n) is 11.0. The number of amides is 4. The Labute approximate surface area is 119 Å². The van der Waals surface area contributed by atoms with Crippen molar-refractivity contribution in [2.24, 2.45) is 5.41 Å². The zero-order valence-corrected chi connectivity index (χ0v) is 11.0. The number of nitrogens with one attached hydrogen (secondary N) is 1. The molecule has 2 aromatic rings. The molecule has 1 aliphatic carbocycles. The van der Waals surface area contributed by atoms with Crippen molar-refractivity contribution in [3.05, 3.63) is 36.5 Å². The zero-order chi connectivity index (χ0) is 14.6. The van der Waals surface area contributed by atoms with E-state index in [-0.39, 0.29) is 0 Å². The summed E-state index contributed by atoms with van der Waals surface area (Å²) in [5.41, 5.74) is 0.109. The van der Waals surface area contributed by atoms with Gasteiger partial charge in [0.05, 0.1) is 11.2 Å². The van der Waals surface area contributed by atoms with E-state index in [1.807, 2.05) is 6.07 Å². The number of hydrogen-bond donors (Lipinski definition) is 1. The highest BCUT2D eigenvalue weighted by atomic mass is 16.2. The number of hydrogen-bond acceptors (Lipinski definition) is 4. The van der Waals surface area contributed by atoms with Gasteiger partial charge in [0.25, 0.3) is 5.91 Å². The Morgan fingerprint density at radius 2 is 1.90 bits per heavy atom. The molecule has 1 spiro atoms. The van der Waals surface area contributed by atoms with Crippen molar-refractivity contribution in [2.75, 3.05) is 4.90 Å². The standard InChI is InChI=1S/C15H11N3O3/c19-12-15(6-7-15)13(20)18(14(21)17-12)11-5-1-4-10-9(11)3-2-8-16-10/h1-5,8H,6-7H2,(H,17,19,21). The maximum Gasteiger partial charge on any atom is 0.335 e. The molecule has 1 N–H and O–H groups in total. The molecule has 4 amide bonds. The van der Waals surface area contributed by atoms with Crippen molar-refractivity contribution in [3.8, 4) is 0 Å². The lowest BCUT2D eigenvalue weighted by Crippen LogP contribution is -2.59. The average molecular weight is 281 g/mol. The molecule has 2 aliphatic rings. The maximum absolute atomic E-state index is 12.6. The van der Waals surface area contributed by atoms with Gasteiger partial charge < -0.3 is 0 Å². The van der Waals surface area contributed by atoms with Crippen LogP contribution < -0.4 is 10.2 Å². The quantitative estimate of drug-likeness (QED) is 0.805. The van der Waals surface area contributed by atoms with Gasteiger partial charge in [-0.05, 0) is 37.1 Å². The number of imide groups is 2. The first-order chi connectivity index (χ1) is 10.1. The minimum Gasteiger partial charge on any atom is -0.276 e. The number of nitrogens with zero attached hydrogens (tertiary/aromatic N) is 2. The molecule has 21 heavy (non-hydrogen) atoms. The highest BCUT2D eigenvalue weighted by molar-refractivity contribution is 6.32. The van der Waals surface area contributed by atoms with Crippen molar-refractivity contribution in [3.63, 3.8) is 0 Å². The van der Waals surface area contributed by atoms with Crippen LogP contribution in [0.4, 0.5) is 10.5 Å². The first-order valence-electron chi connectivity index (χ1n) is 6.67. The number of barbiturate groups is 1. The second kappa shape index (κ2) is 3.88. The van der Waals surface area contributed by atoms with Crippen LogP contribution in [0.5, 0.6) is 0 Å². The first kappa shape index (κ1) is 12.0. The lowest BCUT2D eigenvalue weighted by atomic mass is 10.0. The van der Waals surface area contributed by atoms with Crippen molar-refractivity contribution in [2.45, 2.75) is 12.8 Å². The topological polar surface area (TPSA) is 79.4 Å². The Balaban J connectivity index is 1.90. The van der Waals surface area contributed by atoms with Gasteiger partial charge in [0.1, 0.15) is 5.41 Å². The number of rotatable bonds is 1. The van der Waals surface area contributed by atoms with Gasteiger partial charge in [-0.1, -0.05) is 6.07 Å². The predicted octanol–water partition coefficient (Wildman–Crippen LogP) is 1.60. The van der Waals surface area contributed by atoms with E-state index < -0.39 is 23.3 Å². The van der Waals surface area contributed by atoms with E-state index in [2.05, 4.69) is 10.3 Å². The van der Waals surface area contributed by atoms with Gasteiger partial charge in [-0.15, -0.1) is 0 Å². The second-order valence-corrected chi connectivity index (χ2v) is 5.33. The number of carbonyl (C=O) groups excluding carboxylic acids is 3. The van der Waals surface area contributed by atoms with Crippen LogP contribution in [-0.4, -0.2) is 22.8 Å². The molecule has 2 heterocycles. The molecule has 1 aliphatic heterocycles. The second-order valence-electron chi connectivity index (χ2n) is 5.33. The predicted molar refractivity (Wildman–Crippen MR) is 74.4 cm³/mol. The highest BCUT2D eigenvalue weighted by Crippen LogP contribution is 2.50. The Kier molecular flexibility index (Phi) is 2.22. The van der Waals surface area contributed by atoms with E-state index in [0.29, 0.717) is 29.4 Å². The van der Waals surface area contributed by atoms with E-state index in [9.17, 15) is 14.4 Å². The molecule has 0 atom stereocenters. The summed E-state index contributed by atoms with van der Waals surface area (Å²) in [7, 11) is 0. The van der Waals surface area contributed by atoms with Crippen LogP contribution in [0, 0.1) is 5.41 Å². The molecule has 1 saturated carbocycles. The Bertz CT molecular complexity index is 805. The number of carbonyl (C=O) groups is 3. The van der Waals surface area contributed by atoms with Crippen LogP contribution in [0.1, 0.15) is 12.8 Å². The van der Waals surface area contributed by atoms with Crippen molar-refractivity contribution < 1.29 is 14.4 Å². The third kappa shape index (κ3) is 1.53. The fraction of sp³-hybridized carbons (Fsp3) is 0.200. The minimum atomic E-state index is -1.04. The largest absolute Gasteiger partial charge is 0.335 e. The fourth-order valence-electron chi connectivity index (χ4n) is 2.74. The average Bonchev–Trinajstić information content (AvgIpc) is 3.28. The molecule has 1 saturated heterocycles. The Hall–Kier alpha value is -2.76. The van der Waals surface area contributed by atoms with E-state index in [1.54, 1.807) is 30.5 Å². The van der Waals surface area contributed by atoms with Gasteiger partial charge in [-0.25, -0.2) is 9.69 Å². The van der Waals surface area contributed by atoms with Gasteiger partial charge in [0, 0.05) is 11.6 Å². The van der Waals surface area contributed by atoms with E-state index in [4.69, 9.17) is 0 Å². The smallest absolute Gasteiger partial charge is 0.276 e. The molecule has 1 aromatic heterocycles. The SMILES string of the molecule is O=C1NC(=O)C2(CC2)C(=O)N1c1cccc2ncccc12. The molecule has 6 nitrogen and oxygen atoms in total.